The first kappa shape index (κ1) is 31.8. The Balaban J connectivity index is 1.22. The third-order valence-corrected chi connectivity index (χ3v) is 9.63. The van der Waals surface area contributed by atoms with Crippen LogP contribution in [-0.4, -0.2) is 82.2 Å². The summed E-state index contributed by atoms with van der Waals surface area (Å²) >= 11 is 0. The van der Waals surface area contributed by atoms with E-state index < -0.39 is 23.7 Å². The van der Waals surface area contributed by atoms with Gasteiger partial charge >= 0.3 is 5.97 Å². The van der Waals surface area contributed by atoms with E-state index in [2.05, 4.69) is 17.1 Å². The lowest BCUT2D eigenvalue weighted by molar-refractivity contribution is -0.166. The van der Waals surface area contributed by atoms with Crippen LogP contribution in [0.1, 0.15) is 80.6 Å². The zero-order valence-corrected chi connectivity index (χ0v) is 25.8. The number of piperazine rings is 1. The molecule has 1 saturated carbocycles. The molecule has 0 unspecified atom stereocenters. The first-order chi connectivity index (χ1) is 21.3. The number of carbonyl (C=O) groups excluding carboxylic acids is 2. The highest BCUT2D eigenvalue weighted by atomic mass is 16.5. The average molecular weight is 608 g/mol. The summed E-state index contributed by atoms with van der Waals surface area (Å²) < 4.78 is 11.0. The smallest absolute Gasteiger partial charge is 0.339 e. The number of amides is 2. The summed E-state index contributed by atoms with van der Waals surface area (Å²) in [6, 6.07) is 11.3. The number of likely N-dealkylation sites (tertiary alicyclic amines) is 1. The largest absolute Gasteiger partial charge is 0.497 e. The number of aromatic carboxylic acids is 1. The van der Waals surface area contributed by atoms with Crippen molar-refractivity contribution in [1.82, 2.24) is 15.1 Å². The molecule has 2 amide bonds. The number of benzene rings is 2. The molecule has 2 heterocycles. The molecule has 2 saturated heterocycles. The Kier molecular flexibility index (Phi) is 10.1. The predicted molar refractivity (Wildman–Crippen MR) is 165 cm³/mol. The average Bonchev–Trinajstić information content (AvgIpc) is 3.05. The van der Waals surface area contributed by atoms with Gasteiger partial charge in [-0.05, 0) is 73.9 Å². The Bertz CT molecular complexity index is 1320. The van der Waals surface area contributed by atoms with Crippen molar-refractivity contribution >= 4 is 17.8 Å². The van der Waals surface area contributed by atoms with Crippen LogP contribution in [0.25, 0.3) is 0 Å². The van der Waals surface area contributed by atoms with Gasteiger partial charge in [-0.2, -0.15) is 0 Å². The Hall–Kier alpha value is -3.63. The van der Waals surface area contributed by atoms with Crippen LogP contribution in [-0.2, 0) is 16.1 Å². The Morgan fingerprint density at radius 1 is 1.05 bits per heavy atom. The summed E-state index contributed by atoms with van der Waals surface area (Å²) in [7, 11) is 1.48. The van der Waals surface area contributed by atoms with Crippen molar-refractivity contribution < 1.29 is 34.1 Å². The number of carbonyl (C=O) groups is 3. The topological polar surface area (TPSA) is 129 Å². The van der Waals surface area contributed by atoms with Crippen LogP contribution >= 0.6 is 0 Å². The minimum Gasteiger partial charge on any atom is -0.497 e. The van der Waals surface area contributed by atoms with Gasteiger partial charge in [0.05, 0.1) is 13.2 Å². The molecule has 44 heavy (non-hydrogen) atoms. The fourth-order valence-corrected chi connectivity index (χ4v) is 6.98. The SMILES string of the molecule is CCCCN1C(=O)[C@@H]([C@H](O)C2CCCCC2)NC(=O)C12CCN(Cc1ccc(Oc3ccc(OC)cc3C(=O)O)cc1)CC2. The molecule has 10 nitrogen and oxygen atoms in total. The monoisotopic (exact) mass is 607 g/mol. The molecule has 5 rings (SSSR count). The highest BCUT2D eigenvalue weighted by molar-refractivity contribution is 6.00. The molecule has 238 valence electrons. The molecular weight excluding hydrogens is 562 g/mol. The highest BCUT2D eigenvalue weighted by Crippen LogP contribution is 2.37. The van der Waals surface area contributed by atoms with Gasteiger partial charge in [0.2, 0.25) is 11.8 Å². The molecule has 0 aromatic heterocycles. The fourth-order valence-electron chi connectivity index (χ4n) is 6.98. The Morgan fingerprint density at radius 3 is 2.36 bits per heavy atom. The quantitative estimate of drug-likeness (QED) is 0.339. The molecule has 1 aliphatic carbocycles. The lowest BCUT2D eigenvalue weighted by Crippen LogP contribution is -2.75. The van der Waals surface area contributed by atoms with Crippen LogP contribution < -0.4 is 14.8 Å². The molecule has 3 fully saturated rings. The van der Waals surface area contributed by atoms with Gasteiger partial charge in [-0.15, -0.1) is 0 Å². The second-order valence-electron chi connectivity index (χ2n) is 12.4. The Morgan fingerprint density at radius 2 is 1.73 bits per heavy atom. The summed E-state index contributed by atoms with van der Waals surface area (Å²) in [5, 5.41) is 23.7. The summed E-state index contributed by atoms with van der Waals surface area (Å²) in [5.74, 6) is -0.128. The maximum absolute atomic E-state index is 13.8. The van der Waals surface area contributed by atoms with E-state index in [-0.39, 0.29) is 29.0 Å². The molecule has 0 bridgehead atoms. The van der Waals surface area contributed by atoms with Gasteiger partial charge in [0.25, 0.3) is 0 Å². The number of ether oxygens (including phenoxy) is 2. The number of nitrogens with one attached hydrogen (secondary N) is 1. The van der Waals surface area contributed by atoms with Gasteiger partial charge in [0, 0.05) is 26.2 Å². The number of hydrogen-bond donors (Lipinski definition) is 3. The summed E-state index contributed by atoms with van der Waals surface area (Å²) in [4.78, 5) is 43.4. The van der Waals surface area contributed by atoms with Crippen LogP contribution in [0, 0.1) is 5.92 Å². The zero-order valence-electron chi connectivity index (χ0n) is 25.8. The van der Waals surface area contributed by atoms with Crippen molar-refractivity contribution in [2.75, 3.05) is 26.7 Å². The molecule has 3 N–H and O–H groups in total. The van der Waals surface area contributed by atoms with Crippen LogP contribution in [0.5, 0.6) is 17.2 Å². The van der Waals surface area contributed by atoms with E-state index in [1.54, 1.807) is 17.0 Å². The normalized spacial score (nSPS) is 21.6. The number of piperidine rings is 1. The number of carboxylic acid groups (broad SMARTS) is 1. The molecule has 1 spiro atoms. The summed E-state index contributed by atoms with van der Waals surface area (Å²) in [6.45, 7) is 4.59. The van der Waals surface area contributed by atoms with E-state index in [1.807, 2.05) is 24.3 Å². The summed E-state index contributed by atoms with van der Waals surface area (Å²) in [5.41, 5.74) is 0.191. The molecule has 0 radical (unpaired) electrons. The Labute approximate surface area is 259 Å². The number of unbranched alkanes of at least 4 members (excludes halogenated alkanes) is 1. The van der Waals surface area contributed by atoms with E-state index in [0.717, 1.165) is 50.5 Å². The zero-order chi connectivity index (χ0) is 31.3. The van der Waals surface area contributed by atoms with E-state index in [1.165, 1.54) is 13.2 Å². The second-order valence-corrected chi connectivity index (χ2v) is 12.4. The lowest BCUT2D eigenvalue weighted by Gasteiger charge is -2.52. The van der Waals surface area contributed by atoms with Gasteiger partial charge in [-0.3, -0.25) is 14.5 Å². The first-order valence-corrected chi connectivity index (χ1v) is 16.0. The first-order valence-electron chi connectivity index (χ1n) is 16.0. The number of rotatable bonds is 11. The number of carboxylic acids is 1. The van der Waals surface area contributed by atoms with E-state index in [4.69, 9.17) is 9.47 Å². The number of aliphatic hydroxyl groups is 1. The van der Waals surface area contributed by atoms with Crippen molar-refractivity contribution in [3.05, 3.63) is 53.6 Å². The maximum Gasteiger partial charge on any atom is 0.339 e. The fraction of sp³-hybridized carbons (Fsp3) is 0.559. The highest BCUT2D eigenvalue weighted by Gasteiger charge is 2.55. The van der Waals surface area contributed by atoms with Crippen molar-refractivity contribution in [3.8, 4) is 17.2 Å². The van der Waals surface area contributed by atoms with Gasteiger partial charge < -0.3 is 29.9 Å². The molecule has 2 aliphatic heterocycles. The van der Waals surface area contributed by atoms with Gasteiger partial charge in [0.1, 0.15) is 34.4 Å². The van der Waals surface area contributed by atoms with E-state index in [9.17, 15) is 24.6 Å². The molecule has 2 aromatic rings. The van der Waals surface area contributed by atoms with Gasteiger partial charge in [0.15, 0.2) is 0 Å². The van der Waals surface area contributed by atoms with Crippen LogP contribution in [0.3, 0.4) is 0 Å². The minimum atomic E-state index is -1.10. The van der Waals surface area contributed by atoms with E-state index in [0.29, 0.717) is 50.5 Å². The third-order valence-electron chi connectivity index (χ3n) is 9.63. The molecule has 2 aromatic carbocycles. The number of hydrogen-bond acceptors (Lipinski definition) is 7. The number of nitrogens with zero attached hydrogens (tertiary/aromatic N) is 2. The van der Waals surface area contributed by atoms with Crippen LogP contribution in [0.15, 0.2) is 42.5 Å². The molecular formula is C34H45N3O7. The summed E-state index contributed by atoms with van der Waals surface area (Å²) in [6.07, 6.45) is 7.02. The minimum absolute atomic E-state index is 0.0173. The predicted octanol–water partition coefficient (Wildman–Crippen LogP) is 4.59. The number of methoxy groups -OCH3 is 1. The molecule has 3 aliphatic rings. The molecule has 10 heteroatoms. The van der Waals surface area contributed by atoms with Crippen molar-refractivity contribution in [3.63, 3.8) is 0 Å². The van der Waals surface area contributed by atoms with Crippen molar-refractivity contribution in [1.29, 1.82) is 0 Å². The number of aliphatic hydroxyl groups excluding tert-OH is 1. The van der Waals surface area contributed by atoms with E-state index >= 15 is 0 Å². The maximum atomic E-state index is 13.8. The van der Waals surface area contributed by atoms with Gasteiger partial charge in [-0.1, -0.05) is 44.7 Å². The van der Waals surface area contributed by atoms with Crippen LogP contribution in [0.2, 0.25) is 0 Å². The molecule has 2 atom stereocenters. The van der Waals surface area contributed by atoms with Gasteiger partial charge in [-0.25, -0.2) is 4.79 Å². The lowest BCUT2D eigenvalue weighted by atomic mass is 9.78. The van der Waals surface area contributed by atoms with Crippen LogP contribution in [0.4, 0.5) is 0 Å². The standard InChI is InChI=1S/C34H45N3O7/c1-3-4-18-37-31(39)29(30(38)24-8-6-5-7-9-24)35-33(42)34(37)16-19-36(20-17-34)22-23-10-12-25(13-11-23)44-28-15-14-26(43-2)21-27(28)32(40)41/h10-15,21,24,29-30,38H,3-9,16-20,22H2,1-2H3,(H,35,42)(H,40,41)/t29-,30-/m1/s1. The van der Waals surface area contributed by atoms with Crippen molar-refractivity contribution in [2.24, 2.45) is 5.92 Å². The second kappa shape index (κ2) is 14.0. The third kappa shape index (κ3) is 6.71. The van der Waals surface area contributed by atoms with Crippen molar-refractivity contribution in [2.45, 2.75) is 88.9 Å².